The number of ether oxygens (including phenoxy) is 1. The van der Waals surface area contributed by atoms with Crippen LogP contribution < -0.4 is 15.8 Å². The second kappa shape index (κ2) is 6.26. The van der Waals surface area contributed by atoms with Crippen LogP contribution in [0.2, 0.25) is 0 Å². The van der Waals surface area contributed by atoms with Gasteiger partial charge in [-0.1, -0.05) is 0 Å². The molecule has 0 aromatic heterocycles. The number of carbonyl (C=O) groups is 1. The summed E-state index contributed by atoms with van der Waals surface area (Å²) in [7, 11) is 0. The van der Waals surface area contributed by atoms with Crippen molar-refractivity contribution >= 4 is 11.6 Å². The quantitative estimate of drug-likeness (QED) is 0.849. The monoisotopic (exact) mass is 288 g/mol. The lowest BCUT2D eigenvalue weighted by Gasteiger charge is -2.12. The van der Waals surface area contributed by atoms with E-state index in [2.05, 4.69) is 5.32 Å². The molecule has 5 heteroatoms. The molecule has 1 amide bonds. The maximum absolute atomic E-state index is 13.1. The lowest BCUT2D eigenvalue weighted by molar-refractivity contribution is 0.0956. The van der Waals surface area contributed by atoms with Gasteiger partial charge in [0.15, 0.2) is 0 Å². The summed E-state index contributed by atoms with van der Waals surface area (Å²) >= 11 is 0. The van der Waals surface area contributed by atoms with Crippen LogP contribution in [-0.4, -0.2) is 12.5 Å². The van der Waals surface area contributed by atoms with Crippen molar-refractivity contribution in [2.75, 3.05) is 12.3 Å². The van der Waals surface area contributed by atoms with Crippen LogP contribution in [-0.2, 0) is 0 Å². The number of hydrogen-bond donors (Lipinski definition) is 2. The van der Waals surface area contributed by atoms with E-state index >= 15 is 0 Å². The van der Waals surface area contributed by atoms with Crippen LogP contribution in [0.25, 0.3) is 0 Å². The van der Waals surface area contributed by atoms with Gasteiger partial charge in [0, 0.05) is 12.1 Å². The van der Waals surface area contributed by atoms with Crippen LogP contribution in [0, 0.1) is 12.7 Å². The van der Waals surface area contributed by atoms with Crippen LogP contribution >= 0.6 is 0 Å². The van der Waals surface area contributed by atoms with Crippen molar-refractivity contribution in [1.82, 2.24) is 5.32 Å². The summed E-state index contributed by atoms with van der Waals surface area (Å²) in [5.74, 6) is 0.444. The molecule has 0 atom stereocenters. The van der Waals surface area contributed by atoms with E-state index in [0.29, 0.717) is 34.9 Å². The lowest BCUT2D eigenvalue weighted by atomic mass is 10.1. The van der Waals surface area contributed by atoms with E-state index < -0.39 is 0 Å². The van der Waals surface area contributed by atoms with Gasteiger partial charge in [0.1, 0.15) is 17.3 Å². The molecule has 4 nitrogen and oxygen atoms in total. The molecule has 0 saturated heterocycles. The van der Waals surface area contributed by atoms with Crippen LogP contribution in [0.4, 0.5) is 10.1 Å². The topological polar surface area (TPSA) is 64.3 Å². The third-order valence-corrected chi connectivity index (χ3v) is 2.97. The Morgan fingerprint density at radius 1 is 1.24 bits per heavy atom. The second-order valence-electron chi connectivity index (χ2n) is 4.62. The molecule has 0 aliphatic heterocycles. The molecule has 0 spiro atoms. The molecule has 0 bridgehead atoms. The minimum atomic E-state index is -0.320. The number of rotatable bonds is 4. The summed E-state index contributed by atoms with van der Waals surface area (Å²) in [6, 6.07) is 9.06. The first kappa shape index (κ1) is 14.8. The van der Waals surface area contributed by atoms with Crippen LogP contribution in [0.5, 0.6) is 11.5 Å². The summed E-state index contributed by atoms with van der Waals surface area (Å²) in [5, 5.41) is 2.70. The van der Waals surface area contributed by atoms with E-state index in [4.69, 9.17) is 10.5 Å². The van der Waals surface area contributed by atoms with E-state index in [1.807, 2.05) is 6.92 Å². The number of aryl methyl sites for hydroxylation is 1. The minimum Gasteiger partial charge on any atom is -0.455 e. The molecular weight excluding hydrogens is 271 g/mol. The predicted molar refractivity (Wildman–Crippen MR) is 80.1 cm³/mol. The molecule has 2 aromatic rings. The minimum absolute atomic E-state index is 0.186. The van der Waals surface area contributed by atoms with Crippen molar-refractivity contribution in [3.05, 3.63) is 53.3 Å². The van der Waals surface area contributed by atoms with Gasteiger partial charge in [0.2, 0.25) is 0 Å². The van der Waals surface area contributed by atoms with Gasteiger partial charge in [-0.2, -0.15) is 0 Å². The number of hydrogen-bond acceptors (Lipinski definition) is 3. The van der Waals surface area contributed by atoms with Gasteiger partial charge in [-0.25, -0.2) is 4.39 Å². The highest BCUT2D eigenvalue weighted by Gasteiger charge is 2.10. The highest BCUT2D eigenvalue weighted by Crippen LogP contribution is 2.30. The molecule has 21 heavy (non-hydrogen) atoms. The number of nitrogen functional groups attached to an aromatic ring is 1. The number of nitrogens with two attached hydrogens (primary N) is 1. The van der Waals surface area contributed by atoms with Crippen molar-refractivity contribution in [1.29, 1.82) is 0 Å². The van der Waals surface area contributed by atoms with Crippen LogP contribution in [0.1, 0.15) is 22.8 Å². The zero-order valence-electron chi connectivity index (χ0n) is 11.9. The average molecular weight is 288 g/mol. The van der Waals surface area contributed by atoms with Crippen molar-refractivity contribution in [2.24, 2.45) is 0 Å². The van der Waals surface area contributed by atoms with Gasteiger partial charge < -0.3 is 15.8 Å². The largest absolute Gasteiger partial charge is 0.455 e. The zero-order valence-corrected chi connectivity index (χ0v) is 11.9. The van der Waals surface area contributed by atoms with Crippen molar-refractivity contribution < 1.29 is 13.9 Å². The maximum atomic E-state index is 13.1. The predicted octanol–water partition coefficient (Wildman–Crippen LogP) is 3.26. The van der Waals surface area contributed by atoms with E-state index in [-0.39, 0.29) is 11.7 Å². The standard InChI is InChI=1S/C16H17FN2O2/c1-3-19-16(20)11-4-6-15(13(18)9-11)21-14-7-5-12(17)8-10(14)2/h4-9H,3,18H2,1-2H3,(H,19,20). The smallest absolute Gasteiger partial charge is 0.251 e. The Morgan fingerprint density at radius 2 is 1.95 bits per heavy atom. The fourth-order valence-corrected chi connectivity index (χ4v) is 1.89. The fourth-order valence-electron chi connectivity index (χ4n) is 1.89. The molecule has 0 aliphatic carbocycles. The Bertz CT molecular complexity index is 671. The van der Waals surface area contributed by atoms with Crippen LogP contribution in [0.3, 0.4) is 0 Å². The molecule has 0 unspecified atom stereocenters. The molecular formula is C16H17FN2O2. The molecule has 110 valence electrons. The normalized spacial score (nSPS) is 10.2. The van der Waals surface area contributed by atoms with Gasteiger partial charge in [-0.15, -0.1) is 0 Å². The third-order valence-electron chi connectivity index (χ3n) is 2.97. The van der Waals surface area contributed by atoms with Crippen molar-refractivity contribution in [2.45, 2.75) is 13.8 Å². The second-order valence-corrected chi connectivity index (χ2v) is 4.62. The molecule has 0 saturated carbocycles. The molecule has 2 rings (SSSR count). The highest BCUT2D eigenvalue weighted by atomic mass is 19.1. The van der Waals surface area contributed by atoms with Gasteiger partial charge in [0.25, 0.3) is 5.91 Å². The summed E-state index contributed by atoms with van der Waals surface area (Å²) < 4.78 is 18.7. The highest BCUT2D eigenvalue weighted by molar-refractivity contribution is 5.95. The van der Waals surface area contributed by atoms with Crippen molar-refractivity contribution in [3.63, 3.8) is 0 Å². The van der Waals surface area contributed by atoms with Gasteiger partial charge in [0.05, 0.1) is 5.69 Å². The molecule has 0 heterocycles. The number of amides is 1. The number of carbonyl (C=O) groups excluding carboxylic acids is 1. The van der Waals surface area contributed by atoms with Gasteiger partial charge in [-0.05, 0) is 55.8 Å². The van der Waals surface area contributed by atoms with Gasteiger partial charge in [-0.3, -0.25) is 4.79 Å². The van der Waals surface area contributed by atoms with E-state index in [1.54, 1.807) is 31.2 Å². The first-order valence-corrected chi connectivity index (χ1v) is 6.63. The summed E-state index contributed by atoms with van der Waals surface area (Å²) in [6.45, 7) is 4.14. The number of benzene rings is 2. The molecule has 2 aromatic carbocycles. The maximum Gasteiger partial charge on any atom is 0.251 e. The molecule has 0 fully saturated rings. The van der Waals surface area contributed by atoms with Crippen molar-refractivity contribution in [3.8, 4) is 11.5 Å². The summed E-state index contributed by atoms with van der Waals surface area (Å²) in [4.78, 5) is 11.7. The molecule has 0 radical (unpaired) electrons. The fraction of sp³-hybridized carbons (Fsp3) is 0.188. The Labute approximate surface area is 122 Å². The molecule has 3 N–H and O–H groups in total. The Hall–Kier alpha value is -2.56. The number of nitrogens with one attached hydrogen (secondary N) is 1. The first-order chi connectivity index (χ1) is 10.0. The average Bonchev–Trinajstić information content (AvgIpc) is 2.44. The summed E-state index contributed by atoms with van der Waals surface area (Å²) in [5.41, 5.74) is 7.39. The first-order valence-electron chi connectivity index (χ1n) is 6.63. The number of anilines is 1. The van der Waals surface area contributed by atoms with Gasteiger partial charge >= 0.3 is 0 Å². The summed E-state index contributed by atoms with van der Waals surface area (Å²) in [6.07, 6.45) is 0. The third kappa shape index (κ3) is 3.51. The molecule has 0 aliphatic rings. The van der Waals surface area contributed by atoms with E-state index in [1.165, 1.54) is 12.1 Å². The van der Waals surface area contributed by atoms with E-state index in [0.717, 1.165) is 0 Å². The van der Waals surface area contributed by atoms with E-state index in [9.17, 15) is 9.18 Å². The number of halogens is 1. The SMILES string of the molecule is CCNC(=O)c1ccc(Oc2ccc(F)cc2C)c(N)c1. The van der Waals surface area contributed by atoms with Crippen LogP contribution in [0.15, 0.2) is 36.4 Å². The Balaban J connectivity index is 2.23. The lowest BCUT2D eigenvalue weighted by Crippen LogP contribution is -2.22. The Kier molecular flexibility index (Phi) is 4.42. The zero-order chi connectivity index (χ0) is 15.4. The Morgan fingerprint density at radius 3 is 2.57 bits per heavy atom.